The maximum atomic E-state index is 12.0. The molecule has 0 aliphatic carbocycles. The van der Waals surface area contributed by atoms with Gasteiger partial charge in [0.2, 0.25) is 5.91 Å². The molecule has 0 fully saturated rings. The maximum absolute atomic E-state index is 12.0. The Labute approximate surface area is 114 Å². The van der Waals surface area contributed by atoms with Gasteiger partial charge in [0.15, 0.2) is 0 Å². The van der Waals surface area contributed by atoms with Crippen LogP contribution in [0.3, 0.4) is 0 Å². The van der Waals surface area contributed by atoms with Gasteiger partial charge in [0.05, 0.1) is 10.4 Å². The minimum atomic E-state index is -2.95. The summed E-state index contributed by atoms with van der Waals surface area (Å²) in [5.74, 6) is -0.429. The molecule has 0 radical (unpaired) electrons. The molecule has 0 spiro atoms. The third kappa shape index (κ3) is 4.33. The number of ether oxygens (including phenoxy) is 1. The van der Waals surface area contributed by atoms with E-state index in [0.717, 1.165) is 0 Å². The molecule has 1 aromatic rings. The Kier molecular flexibility index (Phi) is 5.08. The lowest BCUT2D eigenvalue weighted by Gasteiger charge is -2.21. The summed E-state index contributed by atoms with van der Waals surface area (Å²) in [6.45, 7) is 0.615. The van der Waals surface area contributed by atoms with E-state index in [4.69, 9.17) is 17.3 Å². The molecule has 106 valence electrons. The van der Waals surface area contributed by atoms with Gasteiger partial charge in [0.1, 0.15) is 5.75 Å². The van der Waals surface area contributed by atoms with Gasteiger partial charge in [0, 0.05) is 12.2 Å². The lowest BCUT2D eigenvalue weighted by molar-refractivity contribution is -0.123. The van der Waals surface area contributed by atoms with Crippen molar-refractivity contribution in [2.45, 2.75) is 20.5 Å². The van der Waals surface area contributed by atoms with Crippen molar-refractivity contribution in [3.63, 3.8) is 0 Å². The number of carbonyl (C=O) groups is 1. The molecule has 1 rings (SSSR count). The number of alkyl halides is 2. The summed E-state index contributed by atoms with van der Waals surface area (Å²) in [5.41, 5.74) is 5.14. The van der Waals surface area contributed by atoms with Crippen molar-refractivity contribution in [1.29, 1.82) is 0 Å². The van der Waals surface area contributed by atoms with Crippen molar-refractivity contribution < 1.29 is 18.3 Å². The first-order valence-electron chi connectivity index (χ1n) is 5.52. The molecule has 1 amide bonds. The molecule has 3 N–H and O–H groups in total. The molecule has 0 unspecified atom stereocenters. The number of rotatable bonds is 5. The maximum Gasteiger partial charge on any atom is 0.387 e. The molecule has 0 saturated heterocycles. The molecule has 0 bridgehead atoms. The van der Waals surface area contributed by atoms with Gasteiger partial charge in [0.25, 0.3) is 0 Å². The monoisotopic (exact) mass is 292 g/mol. The normalized spacial score (nSPS) is 11.5. The highest BCUT2D eigenvalue weighted by Crippen LogP contribution is 2.29. The van der Waals surface area contributed by atoms with E-state index in [2.05, 4.69) is 10.1 Å². The zero-order valence-corrected chi connectivity index (χ0v) is 11.3. The molecular weight excluding hydrogens is 278 g/mol. The van der Waals surface area contributed by atoms with Gasteiger partial charge in [-0.25, -0.2) is 0 Å². The van der Waals surface area contributed by atoms with E-state index >= 15 is 0 Å². The van der Waals surface area contributed by atoms with Crippen LogP contribution in [0.5, 0.6) is 5.75 Å². The number of benzene rings is 1. The van der Waals surface area contributed by atoms with E-state index in [-0.39, 0.29) is 23.2 Å². The van der Waals surface area contributed by atoms with Crippen molar-refractivity contribution in [1.82, 2.24) is 0 Å². The summed E-state index contributed by atoms with van der Waals surface area (Å²) in [6.07, 6.45) is 0. The predicted octanol–water partition coefficient (Wildman–Crippen LogP) is 2.86. The van der Waals surface area contributed by atoms with Crippen molar-refractivity contribution in [2.75, 3.05) is 11.9 Å². The number of halogens is 3. The first kappa shape index (κ1) is 15.7. The number of carbonyl (C=O) groups excluding carboxylic acids is 1. The van der Waals surface area contributed by atoms with Crippen LogP contribution in [0.4, 0.5) is 14.5 Å². The van der Waals surface area contributed by atoms with Crippen LogP contribution >= 0.6 is 11.6 Å². The third-order valence-electron chi connectivity index (χ3n) is 2.53. The van der Waals surface area contributed by atoms with E-state index in [0.29, 0.717) is 5.69 Å². The van der Waals surface area contributed by atoms with Crippen LogP contribution in [0.2, 0.25) is 5.02 Å². The molecule has 0 atom stereocenters. The second-order valence-electron chi connectivity index (χ2n) is 4.57. The zero-order valence-electron chi connectivity index (χ0n) is 10.5. The number of anilines is 1. The van der Waals surface area contributed by atoms with Gasteiger partial charge in [-0.2, -0.15) is 8.78 Å². The Bertz CT molecular complexity index is 467. The molecule has 0 saturated carbocycles. The van der Waals surface area contributed by atoms with Gasteiger partial charge in [-0.3, -0.25) is 4.79 Å². The van der Waals surface area contributed by atoms with Crippen molar-refractivity contribution in [2.24, 2.45) is 11.1 Å². The fourth-order valence-corrected chi connectivity index (χ4v) is 1.39. The SMILES string of the molecule is CC(C)(CN)C(=O)Nc1ccc(OC(F)F)c(Cl)c1. The summed E-state index contributed by atoms with van der Waals surface area (Å²) in [7, 11) is 0. The van der Waals surface area contributed by atoms with Crippen LogP contribution in [0.1, 0.15) is 13.8 Å². The summed E-state index contributed by atoms with van der Waals surface area (Å²) in [5, 5.41) is 2.60. The van der Waals surface area contributed by atoms with Gasteiger partial charge in [-0.05, 0) is 32.0 Å². The lowest BCUT2D eigenvalue weighted by Crippen LogP contribution is -2.37. The highest BCUT2D eigenvalue weighted by molar-refractivity contribution is 6.32. The standard InChI is InChI=1S/C12H15ClF2N2O2/c1-12(2,6-16)10(18)17-7-3-4-9(8(13)5-7)19-11(14)15/h3-5,11H,6,16H2,1-2H3,(H,17,18). The number of hydrogen-bond donors (Lipinski definition) is 2. The molecule has 19 heavy (non-hydrogen) atoms. The van der Waals surface area contributed by atoms with Crippen molar-refractivity contribution in [3.05, 3.63) is 23.2 Å². The summed E-state index contributed by atoms with van der Waals surface area (Å²) < 4.78 is 28.3. The first-order chi connectivity index (χ1) is 8.76. The summed E-state index contributed by atoms with van der Waals surface area (Å²) in [4.78, 5) is 11.9. The molecule has 0 aromatic heterocycles. The molecule has 7 heteroatoms. The van der Waals surface area contributed by atoms with Crippen molar-refractivity contribution in [3.8, 4) is 5.75 Å². The highest BCUT2D eigenvalue weighted by atomic mass is 35.5. The van der Waals surface area contributed by atoms with Gasteiger partial charge in [-0.1, -0.05) is 11.6 Å². The minimum Gasteiger partial charge on any atom is -0.433 e. The van der Waals surface area contributed by atoms with E-state index in [1.807, 2.05) is 0 Å². The van der Waals surface area contributed by atoms with Crippen LogP contribution < -0.4 is 15.8 Å². The Morgan fingerprint density at radius 3 is 2.63 bits per heavy atom. The number of nitrogens with two attached hydrogens (primary N) is 1. The lowest BCUT2D eigenvalue weighted by atomic mass is 9.92. The Morgan fingerprint density at radius 2 is 2.16 bits per heavy atom. The van der Waals surface area contributed by atoms with Gasteiger partial charge in [-0.15, -0.1) is 0 Å². The second-order valence-corrected chi connectivity index (χ2v) is 4.97. The van der Waals surface area contributed by atoms with Crippen LogP contribution in [-0.2, 0) is 4.79 Å². The van der Waals surface area contributed by atoms with E-state index < -0.39 is 12.0 Å². The topological polar surface area (TPSA) is 64.4 Å². The van der Waals surface area contributed by atoms with Crippen LogP contribution in [0.15, 0.2) is 18.2 Å². The summed E-state index contributed by atoms with van der Waals surface area (Å²) in [6, 6.07) is 4.03. The highest BCUT2D eigenvalue weighted by Gasteiger charge is 2.25. The quantitative estimate of drug-likeness (QED) is 0.877. The molecule has 0 aliphatic heterocycles. The molecule has 1 aromatic carbocycles. The third-order valence-corrected chi connectivity index (χ3v) is 2.83. The van der Waals surface area contributed by atoms with Crippen LogP contribution in [-0.4, -0.2) is 19.1 Å². The van der Waals surface area contributed by atoms with E-state index in [1.54, 1.807) is 13.8 Å². The number of hydrogen-bond acceptors (Lipinski definition) is 3. The van der Waals surface area contributed by atoms with Crippen LogP contribution in [0.25, 0.3) is 0 Å². The fraction of sp³-hybridized carbons (Fsp3) is 0.417. The van der Waals surface area contributed by atoms with Crippen LogP contribution in [0, 0.1) is 5.41 Å². The smallest absolute Gasteiger partial charge is 0.387 e. The largest absolute Gasteiger partial charge is 0.433 e. The Morgan fingerprint density at radius 1 is 1.53 bits per heavy atom. The van der Waals surface area contributed by atoms with Gasteiger partial charge >= 0.3 is 6.61 Å². The van der Waals surface area contributed by atoms with Crippen molar-refractivity contribution >= 4 is 23.2 Å². The second kappa shape index (κ2) is 6.16. The average molecular weight is 293 g/mol. The number of nitrogens with one attached hydrogen (secondary N) is 1. The molecule has 4 nitrogen and oxygen atoms in total. The first-order valence-corrected chi connectivity index (χ1v) is 5.90. The minimum absolute atomic E-state index is 0.0105. The van der Waals surface area contributed by atoms with Gasteiger partial charge < -0.3 is 15.8 Å². The Hall–Kier alpha value is -1.40. The predicted molar refractivity (Wildman–Crippen MR) is 69.5 cm³/mol. The van der Waals surface area contributed by atoms with E-state index in [9.17, 15) is 13.6 Å². The zero-order chi connectivity index (χ0) is 14.6. The van der Waals surface area contributed by atoms with E-state index in [1.165, 1.54) is 18.2 Å². The fourth-order valence-electron chi connectivity index (χ4n) is 1.16. The number of amides is 1. The average Bonchev–Trinajstić information content (AvgIpc) is 2.32. The molecule has 0 aliphatic rings. The molecular formula is C12H15ClF2N2O2. The Balaban J connectivity index is 2.82. The summed E-state index contributed by atoms with van der Waals surface area (Å²) >= 11 is 5.77. The molecule has 0 heterocycles.